The molecule has 132 valence electrons. The molecule has 0 saturated carbocycles. The zero-order chi connectivity index (χ0) is 17.5. The highest BCUT2D eigenvalue weighted by Gasteiger charge is 2.24. The average molecular weight is 340 g/mol. The van der Waals surface area contributed by atoms with Crippen molar-refractivity contribution in [3.8, 4) is 5.75 Å². The van der Waals surface area contributed by atoms with Crippen LogP contribution in [-0.2, 0) is 11.3 Å². The maximum absolute atomic E-state index is 12.5. The van der Waals surface area contributed by atoms with Crippen molar-refractivity contribution in [2.24, 2.45) is 0 Å². The number of para-hydroxylation sites is 1. The van der Waals surface area contributed by atoms with Crippen molar-refractivity contribution >= 4 is 5.91 Å². The van der Waals surface area contributed by atoms with Gasteiger partial charge in [0.1, 0.15) is 5.75 Å². The first-order valence-electron chi connectivity index (χ1n) is 8.55. The van der Waals surface area contributed by atoms with E-state index in [4.69, 9.17) is 9.47 Å². The maximum atomic E-state index is 12.5. The maximum Gasteiger partial charge on any atom is 0.255 e. The fourth-order valence-electron chi connectivity index (χ4n) is 3.04. The smallest absolute Gasteiger partial charge is 0.255 e. The number of nitrogens with zero attached hydrogens (tertiary/aromatic N) is 1. The van der Waals surface area contributed by atoms with E-state index in [1.54, 1.807) is 19.2 Å². The minimum atomic E-state index is -0.123. The number of hydrogen-bond acceptors (Lipinski definition) is 4. The fourth-order valence-corrected chi connectivity index (χ4v) is 3.04. The van der Waals surface area contributed by atoms with Crippen molar-refractivity contribution in [3.05, 3.63) is 65.7 Å². The van der Waals surface area contributed by atoms with E-state index in [0.717, 1.165) is 19.7 Å². The number of nitrogens with one attached hydrogen (secondary N) is 1. The van der Waals surface area contributed by atoms with Gasteiger partial charge in [-0.1, -0.05) is 42.5 Å². The Hall–Kier alpha value is -2.37. The number of benzene rings is 2. The molecular formula is C20H24N2O3. The Morgan fingerprint density at radius 3 is 2.76 bits per heavy atom. The molecule has 1 amide bonds. The van der Waals surface area contributed by atoms with E-state index in [0.29, 0.717) is 24.5 Å². The van der Waals surface area contributed by atoms with Gasteiger partial charge in [-0.25, -0.2) is 0 Å². The van der Waals surface area contributed by atoms with Crippen LogP contribution in [0.25, 0.3) is 0 Å². The minimum Gasteiger partial charge on any atom is -0.496 e. The van der Waals surface area contributed by atoms with E-state index in [-0.39, 0.29) is 11.9 Å². The summed E-state index contributed by atoms with van der Waals surface area (Å²) in [7, 11) is 1.57. The molecule has 0 aliphatic carbocycles. The molecule has 1 atom stereocenters. The first-order valence-corrected chi connectivity index (χ1v) is 8.55. The van der Waals surface area contributed by atoms with Crippen LogP contribution in [0.15, 0.2) is 54.6 Å². The summed E-state index contributed by atoms with van der Waals surface area (Å²) in [4.78, 5) is 14.8. The lowest BCUT2D eigenvalue weighted by molar-refractivity contribution is -0.0105. The van der Waals surface area contributed by atoms with Gasteiger partial charge in [0.15, 0.2) is 0 Å². The molecule has 1 N–H and O–H groups in total. The Bertz CT molecular complexity index is 690. The monoisotopic (exact) mass is 340 g/mol. The Morgan fingerprint density at radius 2 is 1.96 bits per heavy atom. The lowest BCUT2D eigenvalue weighted by Crippen LogP contribution is -2.50. The molecule has 0 aromatic heterocycles. The Morgan fingerprint density at radius 1 is 1.20 bits per heavy atom. The molecule has 2 aromatic rings. The number of carbonyl (C=O) groups is 1. The van der Waals surface area contributed by atoms with Crippen molar-refractivity contribution in [2.75, 3.05) is 33.4 Å². The topological polar surface area (TPSA) is 50.8 Å². The second-order valence-corrected chi connectivity index (χ2v) is 6.10. The van der Waals surface area contributed by atoms with Gasteiger partial charge in [-0.3, -0.25) is 9.69 Å². The largest absolute Gasteiger partial charge is 0.496 e. The predicted molar refractivity (Wildman–Crippen MR) is 96.8 cm³/mol. The third kappa shape index (κ3) is 4.59. The second kappa shape index (κ2) is 8.65. The van der Waals surface area contributed by atoms with Gasteiger partial charge in [0.05, 0.1) is 31.9 Å². The van der Waals surface area contributed by atoms with Crippen LogP contribution in [0.4, 0.5) is 0 Å². The second-order valence-electron chi connectivity index (χ2n) is 6.10. The average Bonchev–Trinajstić information content (AvgIpc) is 2.68. The zero-order valence-electron chi connectivity index (χ0n) is 14.5. The third-order valence-electron chi connectivity index (χ3n) is 4.43. The van der Waals surface area contributed by atoms with Crippen LogP contribution in [0.1, 0.15) is 15.9 Å². The van der Waals surface area contributed by atoms with Crippen molar-refractivity contribution in [2.45, 2.75) is 12.6 Å². The van der Waals surface area contributed by atoms with Gasteiger partial charge in [0.2, 0.25) is 0 Å². The summed E-state index contributed by atoms with van der Waals surface area (Å²) < 4.78 is 10.9. The Balaban J connectivity index is 1.61. The summed E-state index contributed by atoms with van der Waals surface area (Å²) in [5.74, 6) is 0.462. The molecule has 1 saturated heterocycles. The van der Waals surface area contributed by atoms with Crippen LogP contribution in [0, 0.1) is 0 Å². The van der Waals surface area contributed by atoms with Gasteiger partial charge in [-0.05, 0) is 17.7 Å². The number of rotatable bonds is 6. The van der Waals surface area contributed by atoms with Crippen LogP contribution in [-0.4, -0.2) is 50.3 Å². The van der Waals surface area contributed by atoms with Crippen LogP contribution in [0.5, 0.6) is 5.75 Å². The molecule has 0 spiro atoms. The lowest BCUT2D eigenvalue weighted by atomic mass is 10.1. The van der Waals surface area contributed by atoms with E-state index in [1.807, 2.05) is 30.3 Å². The van der Waals surface area contributed by atoms with E-state index < -0.39 is 0 Å². The fraction of sp³-hybridized carbons (Fsp3) is 0.350. The lowest BCUT2D eigenvalue weighted by Gasteiger charge is -2.35. The van der Waals surface area contributed by atoms with Crippen LogP contribution in [0.3, 0.4) is 0 Å². The summed E-state index contributed by atoms with van der Waals surface area (Å²) >= 11 is 0. The highest BCUT2D eigenvalue weighted by molar-refractivity contribution is 5.96. The number of morpholine rings is 1. The highest BCUT2D eigenvalue weighted by atomic mass is 16.5. The van der Waals surface area contributed by atoms with E-state index in [1.165, 1.54) is 5.56 Å². The normalized spacial score (nSPS) is 17.9. The number of methoxy groups -OCH3 is 1. The molecule has 1 heterocycles. The first-order chi connectivity index (χ1) is 12.3. The number of amides is 1. The van der Waals surface area contributed by atoms with Gasteiger partial charge in [0, 0.05) is 19.6 Å². The molecule has 1 aliphatic rings. The van der Waals surface area contributed by atoms with Crippen molar-refractivity contribution in [3.63, 3.8) is 0 Å². The van der Waals surface area contributed by atoms with Crippen molar-refractivity contribution in [1.29, 1.82) is 0 Å². The third-order valence-corrected chi connectivity index (χ3v) is 4.43. The summed E-state index contributed by atoms with van der Waals surface area (Å²) in [6, 6.07) is 17.8. The van der Waals surface area contributed by atoms with Crippen LogP contribution >= 0.6 is 0 Å². The molecule has 1 unspecified atom stereocenters. The Labute approximate surface area is 148 Å². The van der Waals surface area contributed by atoms with Gasteiger partial charge in [-0.15, -0.1) is 0 Å². The first kappa shape index (κ1) is 17.5. The van der Waals surface area contributed by atoms with Crippen LogP contribution in [0.2, 0.25) is 0 Å². The predicted octanol–water partition coefficient (Wildman–Crippen LogP) is 2.33. The summed E-state index contributed by atoms with van der Waals surface area (Å²) in [5.41, 5.74) is 1.82. The number of ether oxygens (including phenoxy) is 2. The molecule has 5 nitrogen and oxygen atoms in total. The molecule has 0 bridgehead atoms. The van der Waals surface area contributed by atoms with Crippen molar-refractivity contribution in [1.82, 2.24) is 10.2 Å². The number of hydrogen-bond donors (Lipinski definition) is 1. The molecule has 5 heteroatoms. The van der Waals surface area contributed by atoms with Gasteiger partial charge in [-0.2, -0.15) is 0 Å². The van der Waals surface area contributed by atoms with E-state index in [9.17, 15) is 4.79 Å². The van der Waals surface area contributed by atoms with Crippen molar-refractivity contribution < 1.29 is 14.3 Å². The standard InChI is InChI=1S/C20H24N2O3/c1-24-19-10-6-5-9-18(19)20(23)21-13-17-15-25-12-11-22(17)14-16-7-3-2-4-8-16/h2-10,17H,11-15H2,1H3,(H,21,23). The van der Waals surface area contributed by atoms with Gasteiger partial charge < -0.3 is 14.8 Å². The summed E-state index contributed by atoms with van der Waals surface area (Å²) in [6.45, 7) is 3.62. The molecule has 0 radical (unpaired) electrons. The molecular weight excluding hydrogens is 316 g/mol. The molecule has 25 heavy (non-hydrogen) atoms. The molecule has 2 aromatic carbocycles. The molecule has 1 fully saturated rings. The Kier molecular flexibility index (Phi) is 6.04. The van der Waals surface area contributed by atoms with E-state index >= 15 is 0 Å². The molecule has 3 rings (SSSR count). The SMILES string of the molecule is COc1ccccc1C(=O)NCC1COCCN1Cc1ccccc1. The zero-order valence-corrected chi connectivity index (χ0v) is 14.5. The summed E-state index contributed by atoms with van der Waals surface area (Å²) in [6.07, 6.45) is 0. The number of carbonyl (C=O) groups excluding carboxylic acids is 1. The van der Waals surface area contributed by atoms with Crippen LogP contribution < -0.4 is 10.1 Å². The molecule has 1 aliphatic heterocycles. The minimum absolute atomic E-state index is 0.123. The van der Waals surface area contributed by atoms with E-state index in [2.05, 4.69) is 22.3 Å². The quantitative estimate of drug-likeness (QED) is 0.877. The van der Waals surface area contributed by atoms with Gasteiger partial charge in [0.25, 0.3) is 5.91 Å². The van der Waals surface area contributed by atoms with Gasteiger partial charge >= 0.3 is 0 Å². The highest BCUT2D eigenvalue weighted by Crippen LogP contribution is 2.17. The summed E-state index contributed by atoms with van der Waals surface area (Å²) in [5, 5.41) is 3.02.